The van der Waals surface area contributed by atoms with Crippen LogP contribution in [-0.4, -0.2) is 19.1 Å². The monoisotopic (exact) mass is 426 g/mol. The van der Waals surface area contributed by atoms with Crippen molar-refractivity contribution in [3.05, 3.63) is 103 Å². The highest BCUT2D eigenvalue weighted by Gasteiger charge is 2.33. The summed E-state index contributed by atoms with van der Waals surface area (Å²) >= 11 is 0. The first-order valence-electron chi connectivity index (χ1n) is 10.7. The van der Waals surface area contributed by atoms with Gasteiger partial charge in [0, 0.05) is 38.6 Å². The molecule has 0 amide bonds. The van der Waals surface area contributed by atoms with Gasteiger partial charge < -0.3 is 19.6 Å². The molecule has 0 saturated carbocycles. The quantitative estimate of drug-likeness (QED) is 0.406. The summed E-state index contributed by atoms with van der Waals surface area (Å²) in [6.45, 7) is 1.56. The van der Waals surface area contributed by atoms with Gasteiger partial charge in [0.2, 0.25) is 0 Å². The Morgan fingerprint density at radius 2 is 1.45 bits per heavy atom. The second-order valence-corrected chi connectivity index (χ2v) is 9.20. The van der Waals surface area contributed by atoms with Crippen LogP contribution in [0.3, 0.4) is 0 Å². The third kappa shape index (κ3) is 4.23. The van der Waals surface area contributed by atoms with Crippen LogP contribution < -0.4 is 19.6 Å². The number of hydrogen-bond donors (Lipinski definition) is 1. The summed E-state index contributed by atoms with van der Waals surface area (Å²) < 4.78 is 4.15. The van der Waals surface area contributed by atoms with Crippen molar-refractivity contribution in [2.75, 3.05) is 27.7 Å². The van der Waals surface area contributed by atoms with Crippen molar-refractivity contribution in [1.29, 1.82) is 0 Å². The summed E-state index contributed by atoms with van der Waals surface area (Å²) in [7, 11) is -1.72. The van der Waals surface area contributed by atoms with Gasteiger partial charge >= 0.3 is 0 Å². The van der Waals surface area contributed by atoms with E-state index >= 15 is 0 Å². The second kappa shape index (κ2) is 8.97. The van der Waals surface area contributed by atoms with Crippen LogP contribution in [0.2, 0.25) is 0 Å². The zero-order valence-electron chi connectivity index (χ0n) is 17.3. The Kier molecular flexibility index (Phi) is 5.75. The lowest BCUT2D eigenvalue weighted by Gasteiger charge is -2.39. The number of fused-ring (bicyclic) bond motifs is 1. The number of benzene rings is 4. The lowest BCUT2D eigenvalue weighted by Crippen LogP contribution is -2.31. The summed E-state index contributed by atoms with van der Waals surface area (Å²) in [4.78, 5) is 13.7. The number of nitrogens with one attached hydrogen (secondary N) is 1. The smallest absolute Gasteiger partial charge is 0.0528 e. The van der Waals surface area contributed by atoms with Gasteiger partial charge in [-0.1, -0.05) is 66.7 Å². The van der Waals surface area contributed by atoms with Crippen LogP contribution in [0.4, 0.5) is 17.1 Å². The molecule has 1 aliphatic rings. The molecular weight excluding hydrogens is 401 g/mol. The zero-order valence-corrected chi connectivity index (χ0v) is 18.2. The fraction of sp³-hybridized carbons (Fsp3) is 0.154. The first-order valence-corrected chi connectivity index (χ1v) is 11.8. The predicted octanol–water partition coefficient (Wildman–Crippen LogP) is 5.62. The molecular formula is C26H25N3OP-. The molecule has 1 N–H and O–H groups in total. The summed E-state index contributed by atoms with van der Waals surface area (Å²) in [5.41, 5.74) is 3.14. The summed E-state index contributed by atoms with van der Waals surface area (Å²) in [6, 6.07) is 35.2. The highest BCUT2D eigenvalue weighted by Crippen LogP contribution is 2.50. The van der Waals surface area contributed by atoms with E-state index in [1.165, 1.54) is 10.8 Å². The molecule has 0 spiro atoms. The van der Waals surface area contributed by atoms with Crippen LogP contribution in [0, 0.1) is 0 Å². The molecule has 4 aromatic rings. The van der Waals surface area contributed by atoms with E-state index in [9.17, 15) is 4.89 Å². The normalized spacial score (nSPS) is 18.5. The van der Waals surface area contributed by atoms with Gasteiger partial charge in [0.1, 0.15) is 0 Å². The van der Waals surface area contributed by atoms with Crippen molar-refractivity contribution in [2.24, 2.45) is 0 Å². The van der Waals surface area contributed by atoms with E-state index in [0.717, 1.165) is 36.6 Å². The minimum Gasteiger partial charge on any atom is -0.796 e. The molecule has 1 aliphatic heterocycles. The maximum Gasteiger partial charge on any atom is 0.0528 e. The van der Waals surface area contributed by atoms with Crippen LogP contribution in [0.25, 0.3) is 10.8 Å². The maximum absolute atomic E-state index is 13.7. The lowest BCUT2D eigenvalue weighted by atomic mass is 10.1. The largest absolute Gasteiger partial charge is 0.796 e. The Labute approximate surface area is 184 Å². The number of para-hydroxylation sites is 2. The second-order valence-electron chi connectivity index (χ2n) is 7.78. The SMILES string of the molecule is [O-]P1N(c2ccccc2)C[C@H](CCNc2ccccc2)N1c1ccc2ccccc2c1. The molecule has 4 nitrogen and oxygen atoms in total. The molecule has 1 heterocycles. The molecule has 5 rings (SSSR count). The Morgan fingerprint density at radius 1 is 0.774 bits per heavy atom. The van der Waals surface area contributed by atoms with Gasteiger partial charge in [0.25, 0.3) is 0 Å². The molecule has 0 aromatic heterocycles. The van der Waals surface area contributed by atoms with Gasteiger partial charge in [-0.3, -0.25) is 0 Å². The fourth-order valence-corrected chi connectivity index (χ4v) is 5.87. The Bertz CT molecular complexity index is 1140. The fourth-order valence-electron chi connectivity index (χ4n) is 4.19. The average Bonchev–Trinajstić information content (AvgIpc) is 3.16. The van der Waals surface area contributed by atoms with Crippen LogP contribution >= 0.6 is 8.45 Å². The summed E-state index contributed by atoms with van der Waals surface area (Å²) in [5, 5.41) is 5.87. The van der Waals surface area contributed by atoms with E-state index < -0.39 is 8.45 Å². The Balaban J connectivity index is 1.42. The standard InChI is InChI=1S/C26H25N3OP/c30-31-28(24-13-5-2-6-14-24)20-26(17-18-27-23-11-3-1-4-12-23)29(31)25-16-15-21-9-7-8-10-22(21)19-25/h1-16,19,26-27H,17-18,20H2/q-1/t26-,31?/m0/s1. The van der Waals surface area contributed by atoms with E-state index in [2.05, 4.69) is 52.5 Å². The van der Waals surface area contributed by atoms with Gasteiger partial charge in [-0.25, -0.2) is 0 Å². The van der Waals surface area contributed by atoms with E-state index in [4.69, 9.17) is 0 Å². The number of hydrogen-bond acceptors (Lipinski definition) is 4. The minimum absolute atomic E-state index is 0.154. The molecule has 5 heteroatoms. The van der Waals surface area contributed by atoms with Crippen LogP contribution in [0.15, 0.2) is 103 Å². The zero-order chi connectivity index (χ0) is 21.0. The van der Waals surface area contributed by atoms with Gasteiger partial charge in [0.15, 0.2) is 0 Å². The first-order chi connectivity index (χ1) is 15.3. The molecule has 1 unspecified atom stereocenters. The van der Waals surface area contributed by atoms with Crippen molar-refractivity contribution < 1.29 is 4.89 Å². The molecule has 0 bridgehead atoms. The van der Waals surface area contributed by atoms with E-state index in [1.807, 2.05) is 65.3 Å². The number of anilines is 3. The van der Waals surface area contributed by atoms with Crippen molar-refractivity contribution in [2.45, 2.75) is 12.5 Å². The Hall–Kier alpha value is -3.07. The molecule has 31 heavy (non-hydrogen) atoms. The van der Waals surface area contributed by atoms with E-state index in [-0.39, 0.29) is 6.04 Å². The third-order valence-electron chi connectivity index (χ3n) is 5.75. The third-order valence-corrected chi connectivity index (χ3v) is 7.49. The van der Waals surface area contributed by atoms with Crippen molar-refractivity contribution in [3.8, 4) is 0 Å². The lowest BCUT2D eigenvalue weighted by molar-refractivity contribution is -0.160. The molecule has 156 valence electrons. The van der Waals surface area contributed by atoms with Gasteiger partial charge in [-0.05, 0) is 53.6 Å². The molecule has 2 atom stereocenters. The summed E-state index contributed by atoms with van der Waals surface area (Å²) in [5.74, 6) is 0. The van der Waals surface area contributed by atoms with Crippen molar-refractivity contribution in [1.82, 2.24) is 0 Å². The summed E-state index contributed by atoms with van der Waals surface area (Å²) in [6.07, 6.45) is 0.895. The molecule has 4 aromatic carbocycles. The highest BCUT2D eigenvalue weighted by atomic mass is 31.2. The van der Waals surface area contributed by atoms with Crippen LogP contribution in [0.5, 0.6) is 0 Å². The Morgan fingerprint density at radius 3 is 2.23 bits per heavy atom. The molecule has 0 aliphatic carbocycles. The highest BCUT2D eigenvalue weighted by molar-refractivity contribution is 7.54. The van der Waals surface area contributed by atoms with Crippen molar-refractivity contribution >= 4 is 36.3 Å². The predicted molar refractivity (Wildman–Crippen MR) is 130 cm³/mol. The van der Waals surface area contributed by atoms with Crippen LogP contribution in [0.1, 0.15) is 6.42 Å². The molecule has 1 fully saturated rings. The molecule has 0 radical (unpaired) electrons. The maximum atomic E-state index is 13.7. The number of rotatable bonds is 6. The van der Waals surface area contributed by atoms with E-state index in [0.29, 0.717) is 0 Å². The van der Waals surface area contributed by atoms with Crippen LogP contribution in [-0.2, 0) is 0 Å². The minimum atomic E-state index is -1.72. The van der Waals surface area contributed by atoms with Gasteiger partial charge in [-0.15, -0.1) is 0 Å². The van der Waals surface area contributed by atoms with Gasteiger partial charge in [0.05, 0.1) is 6.04 Å². The number of nitrogens with zero attached hydrogens (tertiary/aromatic N) is 2. The van der Waals surface area contributed by atoms with Gasteiger partial charge in [-0.2, -0.15) is 0 Å². The topological polar surface area (TPSA) is 41.6 Å². The first kappa shape index (κ1) is 19.9. The average molecular weight is 426 g/mol. The van der Waals surface area contributed by atoms with E-state index in [1.54, 1.807) is 0 Å². The molecule has 1 saturated heterocycles. The van der Waals surface area contributed by atoms with Crippen molar-refractivity contribution in [3.63, 3.8) is 0 Å².